The SMILES string of the molecule is Cc1cc(NC(=O)c2c3c(c(C)n2C)C(=O)NCCO3)ccc1F. The van der Waals surface area contributed by atoms with E-state index < -0.39 is 5.91 Å². The third-order valence-corrected chi connectivity index (χ3v) is 4.13. The highest BCUT2D eigenvalue weighted by Gasteiger charge is 2.30. The fourth-order valence-corrected chi connectivity index (χ4v) is 2.75. The highest BCUT2D eigenvalue weighted by atomic mass is 19.1. The summed E-state index contributed by atoms with van der Waals surface area (Å²) in [6, 6.07) is 4.34. The second-order valence-corrected chi connectivity index (χ2v) is 5.72. The first kappa shape index (κ1) is 16.0. The van der Waals surface area contributed by atoms with Gasteiger partial charge in [-0.15, -0.1) is 0 Å². The van der Waals surface area contributed by atoms with E-state index in [1.54, 1.807) is 31.5 Å². The van der Waals surface area contributed by atoms with E-state index in [1.807, 2.05) is 0 Å². The molecule has 0 atom stereocenters. The first-order chi connectivity index (χ1) is 11.4. The Morgan fingerprint density at radius 1 is 1.38 bits per heavy atom. The molecule has 1 aromatic carbocycles. The Morgan fingerprint density at radius 2 is 2.12 bits per heavy atom. The minimum Gasteiger partial charge on any atom is -0.488 e. The maximum Gasteiger partial charge on any atom is 0.276 e. The molecule has 1 aromatic heterocycles. The van der Waals surface area contributed by atoms with E-state index in [2.05, 4.69) is 10.6 Å². The second kappa shape index (κ2) is 5.99. The fraction of sp³-hybridized carbons (Fsp3) is 0.294. The number of ether oxygens (including phenoxy) is 1. The lowest BCUT2D eigenvalue weighted by Gasteiger charge is -2.10. The molecule has 6 nitrogen and oxygen atoms in total. The topological polar surface area (TPSA) is 72.4 Å². The fourth-order valence-electron chi connectivity index (χ4n) is 2.75. The monoisotopic (exact) mass is 331 g/mol. The lowest BCUT2D eigenvalue weighted by atomic mass is 10.2. The summed E-state index contributed by atoms with van der Waals surface area (Å²) >= 11 is 0. The van der Waals surface area contributed by atoms with Gasteiger partial charge in [-0.1, -0.05) is 0 Å². The number of aromatic nitrogens is 1. The molecule has 2 heterocycles. The Labute approximate surface area is 138 Å². The van der Waals surface area contributed by atoms with Gasteiger partial charge >= 0.3 is 0 Å². The Balaban J connectivity index is 1.99. The summed E-state index contributed by atoms with van der Waals surface area (Å²) in [7, 11) is 1.70. The number of hydrogen-bond donors (Lipinski definition) is 2. The van der Waals surface area contributed by atoms with E-state index in [-0.39, 0.29) is 29.8 Å². The van der Waals surface area contributed by atoms with Crippen LogP contribution in [0.3, 0.4) is 0 Å². The quantitative estimate of drug-likeness (QED) is 0.886. The van der Waals surface area contributed by atoms with Gasteiger partial charge in [0.05, 0.1) is 6.54 Å². The zero-order valence-corrected chi connectivity index (χ0v) is 13.7. The molecule has 3 rings (SSSR count). The molecule has 1 aliphatic rings. The summed E-state index contributed by atoms with van der Waals surface area (Å²) < 4.78 is 20.6. The van der Waals surface area contributed by atoms with Crippen LogP contribution in [0.1, 0.15) is 32.1 Å². The maximum absolute atomic E-state index is 13.4. The average molecular weight is 331 g/mol. The molecule has 0 radical (unpaired) electrons. The van der Waals surface area contributed by atoms with Crippen molar-refractivity contribution in [3.8, 4) is 5.75 Å². The molecule has 0 fully saturated rings. The normalized spacial score (nSPS) is 13.6. The van der Waals surface area contributed by atoms with Gasteiger partial charge in [0.1, 0.15) is 18.0 Å². The van der Waals surface area contributed by atoms with Gasteiger partial charge in [-0.3, -0.25) is 9.59 Å². The molecule has 2 N–H and O–H groups in total. The number of rotatable bonds is 2. The number of fused-ring (bicyclic) bond motifs is 1. The van der Waals surface area contributed by atoms with Crippen molar-refractivity contribution in [3.05, 3.63) is 46.5 Å². The maximum atomic E-state index is 13.4. The van der Waals surface area contributed by atoms with Crippen LogP contribution in [0, 0.1) is 19.7 Å². The predicted molar refractivity (Wildman–Crippen MR) is 87.1 cm³/mol. The van der Waals surface area contributed by atoms with Gasteiger partial charge in [-0.05, 0) is 37.6 Å². The molecule has 2 aromatic rings. The van der Waals surface area contributed by atoms with Crippen LogP contribution in [-0.4, -0.2) is 29.5 Å². The van der Waals surface area contributed by atoms with E-state index in [9.17, 15) is 14.0 Å². The van der Waals surface area contributed by atoms with E-state index in [0.717, 1.165) is 0 Å². The summed E-state index contributed by atoms with van der Waals surface area (Å²) in [6.45, 7) is 4.05. The number of aryl methyl sites for hydroxylation is 1. The van der Waals surface area contributed by atoms with Crippen LogP contribution in [0.5, 0.6) is 5.75 Å². The summed E-state index contributed by atoms with van der Waals surface area (Å²) in [5, 5.41) is 5.46. The van der Waals surface area contributed by atoms with Gasteiger partial charge in [0.15, 0.2) is 11.4 Å². The van der Waals surface area contributed by atoms with Crippen molar-refractivity contribution < 1.29 is 18.7 Å². The van der Waals surface area contributed by atoms with Crippen molar-refractivity contribution in [1.82, 2.24) is 9.88 Å². The highest BCUT2D eigenvalue weighted by molar-refractivity contribution is 6.09. The number of carbonyl (C=O) groups excluding carboxylic acids is 2. The number of anilines is 1. The van der Waals surface area contributed by atoms with Gasteiger partial charge < -0.3 is 19.9 Å². The Bertz CT molecular complexity index is 842. The van der Waals surface area contributed by atoms with E-state index in [1.165, 1.54) is 12.1 Å². The number of halogens is 1. The zero-order valence-electron chi connectivity index (χ0n) is 13.7. The molecule has 0 bridgehead atoms. The van der Waals surface area contributed by atoms with Gasteiger partial charge in [-0.2, -0.15) is 0 Å². The second-order valence-electron chi connectivity index (χ2n) is 5.72. The molecule has 1 aliphatic heterocycles. The van der Waals surface area contributed by atoms with Crippen molar-refractivity contribution in [2.45, 2.75) is 13.8 Å². The number of carbonyl (C=O) groups is 2. The summed E-state index contributed by atoms with van der Waals surface area (Å²) in [6.07, 6.45) is 0. The van der Waals surface area contributed by atoms with Crippen LogP contribution in [0.4, 0.5) is 10.1 Å². The van der Waals surface area contributed by atoms with E-state index in [0.29, 0.717) is 29.1 Å². The minimum absolute atomic E-state index is 0.257. The number of amides is 2. The van der Waals surface area contributed by atoms with Crippen molar-refractivity contribution in [3.63, 3.8) is 0 Å². The molecule has 24 heavy (non-hydrogen) atoms. The van der Waals surface area contributed by atoms with Crippen molar-refractivity contribution in [1.29, 1.82) is 0 Å². The van der Waals surface area contributed by atoms with Gasteiger partial charge in [0, 0.05) is 18.4 Å². The number of benzene rings is 1. The highest BCUT2D eigenvalue weighted by Crippen LogP contribution is 2.31. The van der Waals surface area contributed by atoms with Crippen LogP contribution in [0.15, 0.2) is 18.2 Å². The van der Waals surface area contributed by atoms with Crippen LogP contribution >= 0.6 is 0 Å². The third kappa shape index (κ3) is 2.62. The van der Waals surface area contributed by atoms with Crippen LogP contribution in [0.2, 0.25) is 0 Å². The van der Waals surface area contributed by atoms with Crippen LogP contribution in [0.25, 0.3) is 0 Å². The largest absolute Gasteiger partial charge is 0.488 e. The molecule has 0 spiro atoms. The van der Waals surface area contributed by atoms with Crippen molar-refractivity contribution in [2.75, 3.05) is 18.5 Å². The third-order valence-electron chi connectivity index (χ3n) is 4.13. The molecule has 0 saturated carbocycles. The lowest BCUT2D eigenvalue weighted by Crippen LogP contribution is -2.25. The first-order valence-corrected chi connectivity index (χ1v) is 7.58. The predicted octanol–water partition coefficient (Wildman–Crippen LogP) is 2.16. The minimum atomic E-state index is -0.414. The van der Waals surface area contributed by atoms with E-state index >= 15 is 0 Å². The van der Waals surface area contributed by atoms with Crippen molar-refractivity contribution in [2.24, 2.45) is 7.05 Å². The number of nitrogens with zero attached hydrogens (tertiary/aromatic N) is 1. The molecular weight excluding hydrogens is 313 g/mol. The average Bonchev–Trinajstić information content (AvgIpc) is 2.67. The first-order valence-electron chi connectivity index (χ1n) is 7.58. The van der Waals surface area contributed by atoms with Crippen molar-refractivity contribution >= 4 is 17.5 Å². The summed E-state index contributed by atoms with van der Waals surface area (Å²) in [5.74, 6) is -0.729. The molecule has 2 amide bonds. The number of nitrogens with one attached hydrogen (secondary N) is 2. The molecule has 7 heteroatoms. The molecule has 0 saturated heterocycles. The van der Waals surface area contributed by atoms with E-state index in [4.69, 9.17) is 4.74 Å². The molecule has 126 valence electrons. The number of hydrogen-bond acceptors (Lipinski definition) is 3. The Hall–Kier alpha value is -2.83. The molecular formula is C17H18FN3O3. The molecule has 0 unspecified atom stereocenters. The lowest BCUT2D eigenvalue weighted by molar-refractivity contribution is 0.0955. The van der Waals surface area contributed by atoms with Gasteiger partial charge in [0.2, 0.25) is 0 Å². The van der Waals surface area contributed by atoms with Gasteiger partial charge in [0.25, 0.3) is 11.8 Å². The Morgan fingerprint density at radius 3 is 2.83 bits per heavy atom. The van der Waals surface area contributed by atoms with Gasteiger partial charge in [-0.25, -0.2) is 4.39 Å². The standard InChI is InChI=1S/C17H18FN3O3/c1-9-8-11(4-5-12(9)18)20-17(23)14-15-13(10(2)21(14)3)16(22)19-6-7-24-15/h4-5,8H,6-7H2,1-3H3,(H,19,22)(H,20,23). The van der Waals surface area contributed by atoms with Crippen LogP contribution in [-0.2, 0) is 7.05 Å². The molecule has 0 aliphatic carbocycles. The summed E-state index contributed by atoms with van der Waals surface area (Å²) in [5.41, 5.74) is 2.19. The summed E-state index contributed by atoms with van der Waals surface area (Å²) in [4.78, 5) is 24.9. The zero-order chi connectivity index (χ0) is 17.4. The smallest absolute Gasteiger partial charge is 0.276 e. The Kier molecular flexibility index (Phi) is 4.01. The van der Waals surface area contributed by atoms with Crippen LogP contribution < -0.4 is 15.4 Å².